The number of rotatable bonds is 5. The number of aryl methyl sites for hydroxylation is 3. The third-order valence-electron chi connectivity index (χ3n) is 8.47. The van der Waals surface area contributed by atoms with E-state index in [0.717, 1.165) is 43.5 Å². The van der Waals surface area contributed by atoms with Crippen LogP contribution in [0.25, 0.3) is 10.8 Å². The summed E-state index contributed by atoms with van der Waals surface area (Å²) < 4.78 is 0. The highest BCUT2D eigenvalue weighted by atomic mass is 15.1. The van der Waals surface area contributed by atoms with Gasteiger partial charge in [0.15, 0.2) is 5.96 Å². The van der Waals surface area contributed by atoms with Crippen molar-refractivity contribution in [2.24, 2.45) is 10.7 Å². The zero-order valence-corrected chi connectivity index (χ0v) is 22.2. The first kappa shape index (κ1) is 23.7. The van der Waals surface area contributed by atoms with E-state index < -0.39 is 0 Å². The molecular formula is C36H33N3. The van der Waals surface area contributed by atoms with E-state index in [4.69, 9.17) is 10.7 Å². The predicted octanol–water partition coefficient (Wildman–Crippen LogP) is 8.06. The number of fused-ring (bicyclic) bond motifs is 1. The lowest BCUT2D eigenvalue weighted by Gasteiger charge is -2.27. The van der Waals surface area contributed by atoms with Crippen molar-refractivity contribution in [3.63, 3.8) is 0 Å². The van der Waals surface area contributed by atoms with Crippen molar-refractivity contribution in [2.45, 2.75) is 44.4 Å². The maximum atomic E-state index is 6.56. The van der Waals surface area contributed by atoms with E-state index in [1.165, 1.54) is 56.1 Å². The van der Waals surface area contributed by atoms with Crippen LogP contribution in [0.5, 0.6) is 0 Å². The molecule has 2 aliphatic rings. The molecule has 5 aromatic carbocycles. The molecule has 0 spiro atoms. The Morgan fingerprint density at radius 2 is 1.51 bits per heavy atom. The fourth-order valence-electron chi connectivity index (χ4n) is 6.65. The molecule has 0 amide bonds. The molecule has 3 nitrogen and oxygen atoms in total. The maximum absolute atomic E-state index is 6.56. The molecular weight excluding hydrogens is 474 g/mol. The quantitative estimate of drug-likeness (QED) is 0.187. The molecule has 2 aliphatic carbocycles. The first-order valence-electron chi connectivity index (χ1n) is 14.1. The average molecular weight is 508 g/mol. The van der Waals surface area contributed by atoms with Crippen LogP contribution in [-0.2, 0) is 25.7 Å². The van der Waals surface area contributed by atoms with Gasteiger partial charge < -0.3 is 11.1 Å². The Bertz CT molecular complexity index is 1690. The van der Waals surface area contributed by atoms with Crippen LogP contribution in [0, 0.1) is 0 Å². The third kappa shape index (κ3) is 4.59. The summed E-state index contributed by atoms with van der Waals surface area (Å²) in [5.41, 5.74) is 18.2. The molecule has 0 bridgehead atoms. The van der Waals surface area contributed by atoms with Gasteiger partial charge >= 0.3 is 0 Å². The summed E-state index contributed by atoms with van der Waals surface area (Å²) >= 11 is 0. The van der Waals surface area contributed by atoms with Gasteiger partial charge in [-0.2, -0.15) is 0 Å². The fraction of sp³-hybridized carbons (Fsp3) is 0.194. The molecule has 3 heteroatoms. The van der Waals surface area contributed by atoms with Gasteiger partial charge in [-0.05, 0) is 95.0 Å². The Hall–Kier alpha value is -4.37. The lowest BCUT2D eigenvalue weighted by atomic mass is 9.77. The van der Waals surface area contributed by atoms with Crippen LogP contribution in [0.15, 0.2) is 108 Å². The minimum atomic E-state index is 0.314. The van der Waals surface area contributed by atoms with E-state index in [-0.39, 0.29) is 0 Å². The number of hydrogen-bond acceptors (Lipinski definition) is 1. The average Bonchev–Trinajstić information content (AvgIpc) is 3.40. The Morgan fingerprint density at radius 1 is 0.718 bits per heavy atom. The molecule has 1 atom stereocenters. The molecule has 0 heterocycles. The summed E-state index contributed by atoms with van der Waals surface area (Å²) in [5, 5.41) is 6.03. The van der Waals surface area contributed by atoms with Gasteiger partial charge in [-0.15, -0.1) is 0 Å². The number of aliphatic imine (C=N–C) groups is 1. The van der Waals surface area contributed by atoms with Crippen molar-refractivity contribution in [1.29, 1.82) is 0 Å². The minimum Gasteiger partial charge on any atom is -0.369 e. The van der Waals surface area contributed by atoms with Crippen LogP contribution in [0.2, 0.25) is 0 Å². The van der Waals surface area contributed by atoms with Gasteiger partial charge in [0.2, 0.25) is 0 Å². The zero-order valence-electron chi connectivity index (χ0n) is 22.2. The summed E-state index contributed by atoms with van der Waals surface area (Å²) in [5.74, 6) is 0.740. The second-order valence-corrected chi connectivity index (χ2v) is 10.9. The van der Waals surface area contributed by atoms with Gasteiger partial charge in [-0.3, -0.25) is 0 Å². The topological polar surface area (TPSA) is 50.4 Å². The van der Waals surface area contributed by atoms with Crippen LogP contribution in [0.3, 0.4) is 0 Å². The van der Waals surface area contributed by atoms with E-state index in [1.54, 1.807) is 0 Å². The number of anilines is 1. The maximum Gasteiger partial charge on any atom is 0.198 e. The van der Waals surface area contributed by atoms with Gasteiger partial charge in [0.1, 0.15) is 0 Å². The van der Waals surface area contributed by atoms with E-state index in [0.29, 0.717) is 11.9 Å². The summed E-state index contributed by atoms with van der Waals surface area (Å²) in [6, 6.07) is 37.3. The van der Waals surface area contributed by atoms with Crippen LogP contribution in [0.1, 0.15) is 57.7 Å². The van der Waals surface area contributed by atoms with Crippen LogP contribution >= 0.6 is 0 Å². The van der Waals surface area contributed by atoms with Crippen molar-refractivity contribution >= 4 is 28.1 Å². The highest BCUT2D eigenvalue weighted by molar-refractivity contribution is 6.06. The van der Waals surface area contributed by atoms with E-state index in [1.807, 2.05) is 0 Å². The van der Waals surface area contributed by atoms with Crippen molar-refractivity contribution in [2.75, 3.05) is 5.32 Å². The smallest absolute Gasteiger partial charge is 0.198 e. The van der Waals surface area contributed by atoms with E-state index in [9.17, 15) is 0 Å². The van der Waals surface area contributed by atoms with E-state index >= 15 is 0 Å². The summed E-state index contributed by atoms with van der Waals surface area (Å²) in [4.78, 5) is 4.94. The first-order chi connectivity index (χ1) is 19.2. The normalized spacial score (nSPS) is 16.3. The number of nitrogens with zero attached hydrogens (tertiary/aromatic N) is 1. The van der Waals surface area contributed by atoms with Crippen molar-refractivity contribution in [1.82, 2.24) is 0 Å². The molecule has 0 radical (unpaired) electrons. The number of nitrogens with one attached hydrogen (secondary N) is 1. The fourth-order valence-corrected chi connectivity index (χ4v) is 6.65. The second kappa shape index (κ2) is 10.1. The van der Waals surface area contributed by atoms with Crippen LogP contribution in [-0.4, -0.2) is 5.96 Å². The molecule has 1 unspecified atom stereocenters. The lowest BCUT2D eigenvalue weighted by molar-refractivity contribution is 0.615. The highest BCUT2D eigenvalue weighted by Gasteiger charge is 2.24. The van der Waals surface area contributed by atoms with Crippen molar-refractivity contribution in [3.05, 3.63) is 142 Å². The zero-order chi connectivity index (χ0) is 26.2. The van der Waals surface area contributed by atoms with Gasteiger partial charge in [-0.25, -0.2) is 4.99 Å². The molecule has 0 fully saturated rings. The largest absolute Gasteiger partial charge is 0.369 e. The molecule has 0 saturated carbocycles. The number of para-hydroxylation sites is 1. The van der Waals surface area contributed by atoms with Crippen molar-refractivity contribution < 1.29 is 0 Å². The molecule has 5 aromatic rings. The van der Waals surface area contributed by atoms with Gasteiger partial charge in [-0.1, -0.05) is 91.0 Å². The van der Waals surface area contributed by atoms with Gasteiger partial charge in [0.25, 0.3) is 0 Å². The van der Waals surface area contributed by atoms with Gasteiger partial charge in [0.05, 0.1) is 5.69 Å². The number of nitrogens with two attached hydrogens (primary N) is 1. The standard InChI is InChI=1S/C36H33N3/c37-36(39-34-21-20-28-19-18-27-11-7-14-31(34)35(27)28)38-33-15-5-4-12-30(33)29-13-6-10-26-17-16-25(23-32(26)29)22-24-8-2-1-3-9-24/h1-5,7-9,11-12,14-17,20-21,23,29H,6,10,13,18-19,22H2,(H3,37,38,39). The Morgan fingerprint density at radius 3 is 2.41 bits per heavy atom. The Balaban J connectivity index is 1.21. The van der Waals surface area contributed by atoms with Crippen LogP contribution in [0.4, 0.5) is 11.4 Å². The number of benzene rings is 5. The lowest BCUT2D eigenvalue weighted by Crippen LogP contribution is -2.22. The van der Waals surface area contributed by atoms with Crippen LogP contribution < -0.4 is 11.1 Å². The highest BCUT2D eigenvalue weighted by Crippen LogP contribution is 2.41. The second-order valence-electron chi connectivity index (χ2n) is 10.9. The van der Waals surface area contributed by atoms with Crippen molar-refractivity contribution in [3.8, 4) is 0 Å². The molecule has 0 saturated heterocycles. The molecule has 3 N–H and O–H groups in total. The number of hydrogen-bond donors (Lipinski definition) is 2. The molecule has 0 aliphatic heterocycles. The molecule has 192 valence electrons. The molecule has 0 aromatic heterocycles. The Kier molecular flexibility index (Phi) is 6.13. The van der Waals surface area contributed by atoms with Gasteiger partial charge in [0, 0.05) is 17.0 Å². The first-order valence-corrected chi connectivity index (χ1v) is 14.1. The van der Waals surface area contributed by atoms with E-state index in [2.05, 4.69) is 108 Å². The summed E-state index contributed by atoms with van der Waals surface area (Å²) in [6.45, 7) is 0. The third-order valence-corrected chi connectivity index (χ3v) is 8.47. The predicted molar refractivity (Wildman–Crippen MR) is 163 cm³/mol. The SMILES string of the molecule is NC(=Nc1ccccc1C1CCCc2ccc(Cc3ccccc3)cc21)Nc1ccc2c3c(cccc13)CC2. The monoisotopic (exact) mass is 507 g/mol. The summed E-state index contributed by atoms with van der Waals surface area (Å²) in [6.07, 6.45) is 6.62. The summed E-state index contributed by atoms with van der Waals surface area (Å²) in [7, 11) is 0. The Labute approximate surface area is 230 Å². The molecule has 7 rings (SSSR count). The molecule has 39 heavy (non-hydrogen) atoms. The number of guanidine groups is 1. The minimum absolute atomic E-state index is 0.314.